The number of carbonyl (C=O) groups excluding carboxylic acids is 2. The van der Waals surface area contributed by atoms with E-state index in [9.17, 15) is 19.7 Å². The van der Waals surface area contributed by atoms with Gasteiger partial charge in [-0.05, 0) is 18.2 Å². The van der Waals surface area contributed by atoms with Gasteiger partial charge in [-0.3, -0.25) is 19.7 Å². The molecule has 3 aromatic rings. The van der Waals surface area contributed by atoms with Gasteiger partial charge in [-0.2, -0.15) is 4.99 Å². The number of esters is 1. The predicted octanol–water partition coefficient (Wildman–Crippen LogP) is 3.18. The van der Waals surface area contributed by atoms with Gasteiger partial charge in [0.25, 0.3) is 11.6 Å². The van der Waals surface area contributed by atoms with E-state index in [0.29, 0.717) is 5.52 Å². The lowest BCUT2D eigenvalue weighted by Crippen LogP contribution is -2.22. The van der Waals surface area contributed by atoms with Crippen LogP contribution in [0.2, 0.25) is 5.02 Å². The zero-order valence-corrected chi connectivity index (χ0v) is 15.5. The normalized spacial score (nSPS) is 11.6. The Labute approximate surface area is 161 Å². The molecule has 0 aliphatic rings. The van der Waals surface area contributed by atoms with Gasteiger partial charge in [0.1, 0.15) is 6.54 Å². The number of halogens is 1. The molecular weight excluding hydrogens is 394 g/mol. The minimum absolute atomic E-state index is 0.0509. The van der Waals surface area contributed by atoms with E-state index in [4.69, 9.17) is 16.3 Å². The first-order chi connectivity index (χ1) is 12.9. The van der Waals surface area contributed by atoms with Crippen LogP contribution in [-0.4, -0.2) is 28.5 Å². The molecule has 8 nitrogen and oxygen atoms in total. The van der Waals surface area contributed by atoms with Crippen molar-refractivity contribution >= 4 is 50.7 Å². The molecule has 10 heteroatoms. The third-order valence-electron chi connectivity index (χ3n) is 3.69. The molecule has 1 heterocycles. The van der Waals surface area contributed by atoms with E-state index in [2.05, 4.69) is 4.99 Å². The standard InChI is InChI=1S/C17H12ClN3O5S/c1-26-15(22)9-20-13-4-2-3-5-14(13)27-17(20)19-16(23)11-8-10(21(24)25)6-7-12(11)18/h2-8H,9H2,1H3. The smallest absolute Gasteiger partial charge is 0.325 e. The fraction of sp³-hybridized carbons (Fsp3) is 0.118. The Kier molecular flexibility index (Phi) is 5.33. The number of non-ortho nitro benzene ring substituents is 1. The molecule has 0 aliphatic carbocycles. The molecule has 3 rings (SSSR count). The van der Waals surface area contributed by atoms with Gasteiger partial charge < -0.3 is 9.30 Å². The lowest BCUT2D eigenvalue weighted by atomic mass is 10.2. The van der Waals surface area contributed by atoms with Crippen molar-refractivity contribution in [2.45, 2.75) is 6.54 Å². The van der Waals surface area contributed by atoms with Gasteiger partial charge in [0, 0.05) is 12.1 Å². The first-order valence-electron chi connectivity index (χ1n) is 7.59. The second-order valence-electron chi connectivity index (χ2n) is 5.35. The van der Waals surface area contributed by atoms with Crippen LogP contribution in [0.25, 0.3) is 10.2 Å². The zero-order chi connectivity index (χ0) is 19.6. The lowest BCUT2D eigenvalue weighted by Gasteiger charge is -2.03. The minimum Gasteiger partial charge on any atom is -0.468 e. The summed E-state index contributed by atoms with van der Waals surface area (Å²) in [7, 11) is 1.27. The Morgan fingerprint density at radius 2 is 2.04 bits per heavy atom. The van der Waals surface area contributed by atoms with Crippen molar-refractivity contribution in [1.29, 1.82) is 0 Å². The molecule has 2 aromatic carbocycles. The average Bonchev–Trinajstić information content (AvgIpc) is 2.98. The minimum atomic E-state index is -0.742. The number of fused-ring (bicyclic) bond motifs is 1. The van der Waals surface area contributed by atoms with Crippen LogP contribution in [0.3, 0.4) is 0 Å². The van der Waals surface area contributed by atoms with E-state index < -0.39 is 16.8 Å². The molecule has 1 aromatic heterocycles. The number of nitro groups is 1. The van der Waals surface area contributed by atoms with Crippen LogP contribution in [0.15, 0.2) is 47.5 Å². The molecule has 138 valence electrons. The Morgan fingerprint density at radius 1 is 1.30 bits per heavy atom. The van der Waals surface area contributed by atoms with Crippen molar-refractivity contribution in [3.8, 4) is 0 Å². The van der Waals surface area contributed by atoms with Crippen molar-refractivity contribution < 1.29 is 19.2 Å². The molecule has 0 atom stereocenters. The molecule has 0 N–H and O–H groups in total. The summed E-state index contributed by atoms with van der Waals surface area (Å²) in [5.41, 5.74) is 0.356. The number of hydrogen-bond donors (Lipinski definition) is 0. The maximum absolute atomic E-state index is 12.6. The zero-order valence-electron chi connectivity index (χ0n) is 13.9. The topological polar surface area (TPSA) is 104 Å². The van der Waals surface area contributed by atoms with E-state index in [-0.39, 0.29) is 27.6 Å². The van der Waals surface area contributed by atoms with Crippen molar-refractivity contribution in [2.24, 2.45) is 4.99 Å². The van der Waals surface area contributed by atoms with Crippen LogP contribution in [0.5, 0.6) is 0 Å². The van der Waals surface area contributed by atoms with Gasteiger partial charge in [0.05, 0.1) is 32.8 Å². The molecule has 0 bridgehead atoms. The number of methoxy groups -OCH3 is 1. The first-order valence-corrected chi connectivity index (χ1v) is 8.78. The molecule has 27 heavy (non-hydrogen) atoms. The summed E-state index contributed by atoms with van der Waals surface area (Å²) in [6, 6.07) is 10.8. The van der Waals surface area contributed by atoms with E-state index in [0.717, 1.165) is 10.8 Å². The molecule has 0 spiro atoms. The number of ether oxygens (including phenoxy) is 1. The van der Waals surface area contributed by atoms with Gasteiger partial charge in [-0.25, -0.2) is 0 Å². The van der Waals surface area contributed by atoms with Gasteiger partial charge in [-0.1, -0.05) is 35.1 Å². The number of thiazole rings is 1. The number of hydrogen-bond acceptors (Lipinski definition) is 6. The lowest BCUT2D eigenvalue weighted by molar-refractivity contribution is -0.384. The number of rotatable bonds is 4. The van der Waals surface area contributed by atoms with E-state index in [1.165, 1.54) is 30.6 Å². The Balaban J connectivity index is 2.14. The molecule has 0 aliphatic heterocycles. The van der Waals surface area contributed by atoms with Crippen LogP contribution in [0.1, 0.15) is 10.4 Å². The van der Waals surface area contributed by atoms with Crippen LogP contribution >= 0.6 is 22.9 Å². The highest BCUT2D eigenvalue weighted by Crippen LogP contribution is 2.23. The number of amides is 1. The van der Waals surface area contributed by atoms with Crippen molar-refractivity contribution in [1.82, 2.24) is 4.57 Å². The Hall–Kier alpha value is -3.04. The van der Waals surface area contributed by atoms with E-state index in [1.807, 2.05) is 12.1 Å². The number of benzene rings is 2. The van der Waals surface area contributed by atoms with Crippen LogP contribution in [0, 0.1) is 10.1 Å². The molecule has 0 fully saturated rings. The summed E-state index contributed by atoms with van der Waals surface area (Å²) < 4.78 is 7.07. The largest absolute Gasteiger partial charge is 0.468 e. The summed E-state index contributed by atoms with van der Waals surface area (Å²) >= 11 is 7.21. The quantitative estimate of drug-likeness (QED) is 0.376. The number of nitrogens with zero attached hydrogens (tertiary/aromatic N) is 3. The first kappa shape index (κ1) is 18.7. The molecular formula is C17H12ClN3O5S. The maximum atomic E-state index is 12.6. The van der Waals surface area contributed by atoms with Crippen molar-refractivity contribution in [3.05, 3.63) is 68.0 Å². The van der Waals surface area contributed by atoms with E-state index in [1.54, 1.807) is 16.7 Å². The summed E-state index contributed by atoms with van der Waals surface area (Å²) in [6.07, 6.45) is 0. The van der Waals surface area contributed by atoms with Crippen LogP contribution in [-0.2, 0) is 16.1 Å². The fourth-order valence-electron chi connectivity index (χ4n) is 2.39. The SMILES string of the molecule is COC(=O)Cn1c(=NC(=O)c2cc([N+](=O)[O-])ccc2Cl)sc2ccccc21. The molecule has 0 saturated heterocycles. The summed E-state index contributed by atoms with van der Waals surface area (Å²) in [5, 5.41) is 11.0. The third-order valence-corrected chi connectivity index (χ3v) is 5.08. The monoisotopic (exact) mass is 405 g/mol. The molecule has 0 unspecified atom stereocenters. The highest BCUT2D eigenvalue weighted by Gasteiger charge is 2.17. The van der Waals surface area contributed by atoms with Crippen LogP contribution < -0.4 is 4.80 Å². The van der Waals surface area contributed by atoms with Crippen molar-refractivity contribution in [2.75, 3.05) is 7.11 Å². The number of carbonyl (C=O) groups is 2. The van der Waals surface area contributed by atoms with E-state index >= 15 is 0 Å². The third kappa shape index (κ3) is 3.88. The average molecular weight is 406 g/mol. The van der Waals surface area contributed by atoms with Gasteiger partial charge in [0.15, 0.2) is 4.80 Å². The second-order valence-corrected chi connectivity index (χ2v) is 6.77. The predicted molar refractivity (Wildman–Crippen MR) is 99.8 cm³/mol. The van der Waals surface area contributed by atoms with Crippen molar-refractivity contribution in [3.63, 3.8) is 0 Å². The highest BCUT2D eigenvalue weighted by atomic mass is 35.5. The summed E-state index contributed by atoms with van der Waals surface area (Å²) in [6.45, 7) is -0.130. The second kappa shape index (κ2) is 7.68. The Morgan fingerprint density at radius 3 is 2.74 bits per heavy atom. The van der Waals surface area contributed by atoms with Gasteiger partial charge >= 0.3 is 5.97 Å². The number of para-hydroxylation sites is 1. The van der Waals surface area contributed by atoms with Gasteiger partial charge in [-0.15, -0.1) is 0 Å². The summed E-state index contributed by atoms with van der Waals surface area (Å²) in [5.74, 6) is -1.24. The number of nitro benzene ring substituents is 1. The Bertz CT molecular complexity index is 1140. The molecule has 0 saturated carbocycles. The molecule has 0 radical (unpaired) electrons. The van der Waals surface area contributed by atoms with Crippen LogP contribution in [0.4, 0.5) is 5.69 Å². The summed E-state index contributed by atoms with van der Waals surface area (Å²) in [4.78, 5) is 39.0. The maximum Gasteiger partial charge on any atom is 0.325 e. The highest BCUT2D eigenvalue weighted by molar-refractivity contribution is 7.16. The molecule has 1 amide bonds. The number of aromatic nitrogens is 1. The fourth-order valence-corrected chi connectivity index (χ4v) is 3.62. The van der Waals surface area contributed by atoms with Gasteiger partial charge in [0.2, 0.25) is 0 Å².